The highest BCUT2D eigenvalue weighted by atomic mass is 16.1. The molecule has 2 aromatic heterocycles. The van der Waals surface area contributed by atoms with Crippen LogP contribution < -0.4 is 5.69 Å². The summed E-state index contributed by atoms with van der Waals surface area (Å²) in [7, 11) is 3.59. The summed E-state index contributed by atoms with van der Waals surface area (Å²) in [5.74, 6) is 0. The molecule has 0 atom stereocenters. The number of hydrogen-bond donors (Lipinski definition) is 1. The van der Waals surface area contributed by atoms with E-state index >= 15 is 0 Å². The van der Waals surface area contributed by atoms with Crippen LogP contribution in [0.15, 0.2) is 53.3 Å². The molecule has 0 unspecified atom stereocenters. The maximum Gasteiger partial charge on any atom is 0.328 e. The standard InChI is InChI=1S/C19H18N4O/c1-12-17(18(21-20-12)13-7-5-4-6-8-13)14-9-10-15-16(11-14)23(3)19(24)22(15)2/h4-11H,1-3H3,(H,20,21). The highest BCUT2D eigenvalue weighted by Crippen LogP contribution is 2.34. The summed E-state index contributed by atoms with van der Waals surface area (Å²) in [5, 5.41) is 7.58. The van der Waals surface area contributed by atoms with Gasteiger partial charge in [-0.05, 0) is 24.6 Å². The van der Waals surface area contributed by atoms with Gasteiger partial charge < -0.3 is 0 Å². The summed E-state index contributed by atoms with van der Waals surface area (Å²) < 4.78 is 3.34. The van der Waals surface area contributed by atoms with Crippen molar-refractivity contribution < 1.29 is 0 Å². The predicted octanol–water partition coefficient (Wildman–Crippen LogP) is 3.24. The van der Waals surface area contributed by atoms with E-state index in [1.54, 1.807) is 23.2 Å². The minimum atomic E-state index is -0.0191. The quantitative estimate of drug-likeness (QED) is 0.617. The van der Waals surface area contributed by atoms with Crippen LogP contribution in [0, 0.1) is 6.92 Å². The first-order chi connectivity index (χ1) is 11.6. The fourth-order valence-electron chi connectivity index (χ4n) is 3.25. The van der Waals surface area contributed by atoms with Crippen LogP contribution in [0.1, 0.15) is 5.69 Å². The summed E-state index contributed by atoms with van der Waals surface area (Å²) >= 11 is 0. The lowest BCUT2D eigenvalue weighted by molar-refractivity contribution is 0.795. The minimum Gasteiger partial charge on any atom is -0.295 e. The predicted molar refractivity (Wildman–Crippen MR) is 95.9 cm³/mol. The van der Waals surface area contributed by atoms with Crippen molar-refractivity contribution >= 4 is 11.0 Å². The largest absolute Gasteiger partial charge is 0.328 e. The molecule has 0 bridgehead atoms. The van der Waals surface area contributed by atoms with Crippen LogP contribution in [0.2, 0.25) is 0 Å². The highest BCUT2D eigenvalue weighted by molar-refractivity contribution is 5.88. The fourth-order valence-corrected chi connectivity index (χ4v) is 3.25. The monoisotopic (exact) mass is 318 g/mol. The third kappa shape index (κ3) is 2.01. The molecule has 0 fully saturated rings. The van der Waals surface area contributed by atoms with E-state index < -0.39 is 0 Å². The Kier molecular flexibility index (Phi) is 3.16. The van der Waals surface area contributed by atoms with Gasteiger partial charge in [0.15, 0.2) is 0 Å². The zero-order valence-corrected chi connectivity index (χ0v) is 13.9. The maximum absolute atomic E-state index is 12.1. The van der Waals surface area contributed by atoms with E-state index in [2.05, 4.69) is 28.4 Å². The van der Waals surface area contributed by atoms with Crippen molar-refractivity contribution in [2.45, 2.75) is 6.92 Å². The van der Waals surface area contributed by atoms with Crippen molar-refractivity contribution in [1.82, 2.24) is 19.3 Å². The minimum absolute atomic E-state index is 0.0191. The summed E-state index contributed by atoms with van der Waals surface area (Å²) in [6, 6.07) is 16.2. The third-order valence-electron chi connectivity index (χ3n) is 4.56. The zero-order valence-electron chi connectivity index (χ0n) is 13.9. The van der Waals surface area contributed by atoms with Crippen molar-refractivity contribution in [2.75, 3.05) is 0 Å². The van der Waals surface area contributed by atoms with Crippen LogP contribution in [0.25, 0.3) is 33.4 Å². The Morgan fingerprint density at radius 2 is 1.62 bits per heavy atom. The maximum atomic E-state index is 12.1. The lowest BCUT2D eigenvalue weighted by atomic mass is 9.99. The summed E-state index contributed by atoms with van der Waals surface area (Å²) in [5.41, 5.74) is 6.94. The van der Waals surface area contributed by atoms with Crippen molar-refractivity contribution in [2.24, 2.45) is 14.1 Å². The van der Waals surface area contributed by atoms with Gasteiger partial charge in [0.05, 0.1) is 11.0 Å². The van der Waals surface area contributed by atoms with E-state index in [-0.39, 0.29) is 5.69 Å². The average molecular weight is 318 g/mol. The average Bonchev–Trinajstić information content (AvgIpc) is 3.10. The molecular weight excluding hydrogens is 300 g/mol. The Hall–Kier alpha value is -3.08. The number of hydrogen-bond acceptors (Lipinski definition) is 2. The summed E-state index contributed by atoms with van der Waals surface area (Å²) in [6.45, 7) is 2.02. The molecule has 2 aromatic carbocycles. The van der Waals surface area contributed by atoms with E-state index in [1.807, 2.05) is 37.3 Å². The number of aromatic amines is 1. The number of rotatable bonds is 2. The van der Waals surface area contributed by atoms with Crippen LogP contribution >= 0.6 is 0 Å². The van der Waals surface area contributed by atoms with Crippen LogP contribution in [0.5, 0.6) is 0 Å². The van der Waals surface area contributed by atoms with Gasteiger partial charge >= 0.3 is 5.69 Å². The molecule has 5 nitrogen and oxygen atoms in total. The van der Waals surface area contributed by atoms with Crippen molar-refractivity contribution in [1.29, 1.82) is 0 Å². The molecule has 5 heteroatoms. The topological polar surface area (TPSA) is 55.6 Å². The van der Waals surface area contributed by atoms with E-state index in [4.69, 9.17) is 0 Å². The fraction of sp³-hybridized carbons (Fsp3) is 0.158. The van der Waals surface area contributed by atoms with Gasteiger partial charge in [-0.1, -0.05) is 36.4 Å². The van der Waals surface area contributed by atoms with Crippen LogP contribution in [-0.4, -0.2) is 19.3 Å². The molecule has 0 spiro atoms. The number of nitrogens with zero attached hydrogens (tertiary/aromatic N) is 3. The van der Waals surface area contributed by atoms with Gasteiger partial charge in [0, 0.05) is 30.9 Å². The Morgan fingerprint density at radius 1 is 0.917 bits per heavy atom. The Morgan fingerprint density at radius 3 is 2.38 bits per heavy atom. The number of imidazole rings is 1. The Balaban J connectivity index is 1.98. The first kappa shape index (κ1) is 14.5. The molecule has 4 rings (SSSR count). The van der Waals surface area contributed by atoms with Crippen LogP contribution in [0.4, 0.5) is 0 Å². The number of H-pyrrole nitrogens is 1. The molecule has 0 saturated carbocycles. The molecule has 0 saturated heterocycles. The smallest absolute Gasteiger partial charge is 0.295 e. The molecule has 4 aromatic rings. The molecule has 2 heterocycles. The van der Waals surface area contributed by atoms with Crippen molar-refractivity contribution in [3.8, 4) is 22.4 Å². The molecule has 120 valence electrons. The first-order valence-electron chi connectivity index (χ1n) is 7.84. The second-order valence-electron chi connectivity index (χ2n) is 6.04. The number of aryl methyl sites for hydroxylation is 3. The van der Waals surface area contributed by atoms with Crippen molar-refractivity contribution in [3.05, 3.63) is 64.7 Å². The van der Waals surface area contributed by atoms with Gasteiger partial charge in [-0.25, -0.2) is 4.79 Å². The van der Waals surface area contributed by atoms with E-state index in [0.29, 0.717) is 0 Å². The molecular formula is C19H18N4O. The summed E-state index contributed by atoms with van der Waals surface area (Å²) in [6.07, 6.45) is 0. The second-order valence-corrected chi connectivity index (χ2v) is 6.04. The number of aromatic nitrogens is 4. The van der Waals surface area contributed by atoms with Crippen LogP contribution in [0.3, 0.4) is 0 Å². The SMILES string of the molecule is Cc1[nH]nc(-c2ccccc2)c1-c1ccc2c(c1)n(C)c(=O)n2C. The lowest BCUT2D eigenvalue weighted by Gasteiger charge is -2.06. The number of nitrogens with one attached hydrogen (secondary N) is 1. The molecule has 0 amide bonds. The lowest BCUT2D eigenvalue weighted by Crippen LogP contribution is -2.19. The Bertz CT molecular complexity index is 1100. The van der Waals surface area contributed by atoms with Gasteiger partial charge in [-0.15, -0.1) is 0 Å². The van der Waals surface area contributed by atoms with Gasteiger partial charge in [-0.3, -0.25) is 14.2 Å². The molecule has 0 aliphatic heterocycles. The second kappa shape index (κ2) is 5.23. The highest BCUT2D eigenvalue weighted by Gasteiger charge is 2.16. The third-order valence-corrected chi connectivity index (χ3v) is 4.56. The molecule has 24 heavy (non-hydrogen) atoms. The van der Waals surface area contributed by atoms with Gasteiger partial charge in [0.1, 0.15) is 5.69 Å². The zero-order chi connectivity index (χ0) is 16.8. The Labute approximate surface area is 139 Å². The number of benzene rings is 2. The van der Waals surface area contributed by atoms with Crippen LogP contribution in [-0.2, 0) is 14.1 Å². The van der Waals surface area contributed by atoms with Gasteiger partial charge in [-0.2, -0.15) is 5.10 Å². The van der Waals surface area contributed by atoms with Gasteiger partial charge in [0.25, 0.3) is 0 Å². The number of fused-ring (bicyclic) bond motifs is 1. The van der Waals surface area contributed by atoms with E-state index in [1.165, 1.54) is 0 Å². The van der Waals surface area contributed by atoms with Gasteiger partial charge in [0.2, 0.25) is 0 Å². The normalized spacial score (nSPS) is 11.3. The molecule has 1 N–H and O–H groups in total. The first-order valence-corrected chi connectivity index (χ1v) is 7.84. The van der Waals surface area contributed by atoms with E-state index in [0.717, 1.165) is 39.1 Å². The molecule has 0 aliphatic carbocycles. The van der Waals surface area contributed by atoms with E-state index in [9.17, 15) is 4.79 Å². The van der Waals surface area contributed by atoms with Crippen molar-refractivity contribution in [3.63, 3.8) is 0 Å². The molecule has 0 radical (unpaired) electrons. The molecule has 0 aliphatic rings. The summed E-state index contributed by atoms with van der Waals surface area (Å²) in [4.78, 5) is 12.1.